The molecule has 196 valence electrons. The van der Waals surface area contributed by atoms with Crippen molar-refractivity contribution in [1.29, 1.82) is 0 Å². The zero-order chi connectivity index (χ0) is 26.6. The molecule has 2 aromatic heterocycles. The molecule has 1 aliphatic carbocycles. The molecule has 7 rings (SSSR count). The average Bonchev–Trinajstić information content (AvgIpc) is 3.60. The lowest BCUT2D eigenvalue weighted by molar-refractivity contribution is 0.394. The van der Waals surface area contributed by atoms with Gasteiger partial charge in [0.1, 0.15) is 11.6 Å². The van der Waals surface area contributed by atoms with Gasteiger partial charge in [0.15, 0.2) is 0 Å². The van der Waals surface area contributed by atoms with Crippen LogP contribution in [0.3, 0.4) is 0 Å². The minimum atomic E-state index is -0.308. The Morgan fingerprint density at radius 2 is 1.74 bits per heavy atom. The summed E-state index contributed by atoms with van der Waals surface area (Å²) in [6.07, 6.45) is 7.09. The molecule has 5 aromatic rings. The van der Waals surface area contributed by atoms with E-state index in [4.69, 9.17) is 0 Å². The molecule has 3 heterocycles. The van der Waals surface area contributed by atoms with Gasteiger partial charge in [0, 0.05) is 35.0 Å². The van der Waals surface area contributed by atoms with E-state index < -0.39 is 0 Å². The van der Waals surface area contributed by atoms with Crippen LogP contribution < -0.4 is 0 Å². The van der Waals surface area contributed by atoms with E-state index in [1.165, 1.54) is 35.0 Å². The van der Waals surface area contributed by atoms with Gasteiger partial charge < -0.3 is 0 Å². The Kier molecular flexibility index (Phi) is 6.01. The number of aryl methyl sites for hydroxylation is 1. The van der Waals surface area contributed by atoms with E-state index in [0.717, 1.165) is 47.4 Å². The van der Waals surface area contributed by atoms with Crippen LogP contribution >= 0.6 is 11.9 Å². The molecule has 1 saturated heterocycles. The van der Waals surface area contributed by atoms with Gasteiger partial charge in [0.2, 0.25) is 0 Å². The lowest BCUT2D eigenvalue weighted by Crippen LogP contribution is -2.32. The minimum absolute atomic E-state index is 0.0233. The maximum Gasteiger partial charge on any atom is 0.142 e. The number of benzene rings is 3. The van der Waals surface area contributed by atoms with E-state index in [0.29, 0.717) is 11.8 Å². The smallest absolute Gasteiger partial charge is 0.142 e. The SMILES string of the molecule is Cc1cc2c(cnn2-c2ccc(F)cc2)cc1C12CC(c3ccccc3)CC1CN(Sc1cncc(F)c1)C2. The molecule has 39 heavy (non-hydrogen) atoms. The Balaban J connectivity index is 1.28. The standard InChI is InChI=1S/C32H28F2N4S/c1-21-11-31-24(16-36-38(31)28-9-7-26(33)8-10-28)13-30(21)32-15-23(22-5-3-2-4-6-22)12-25(32)19-37(20-32)39-29-14-27(34)17-35-18-29/h2-11,13-14,16-18,23,25H,12,15,19-20H2,1H3. The number of hydrogen-bond donors (Lipinski definition) is 0. The van der Waals surface area contributed by atoms with Gasteiger partial charge >= 0.3 is 0 Å². The van der Waals surface area contributed by atoms with E-state index in [-0.39, 0.29) is 17.0 Å². The Labute approximate surface area is 230 Å². The first kappa shape index (κ1) is 24.5. The van der Waals surface area contributed by atoms with Crippen LogP contribution in [0.1, 0.15) is 35.4 Å². The molecule has 0 N–H and O–H groups in total. The lowest BCUT2D eigenvalue weighted by atomic mass is 9.72. The van der Waals surface area contributed by atoms with E-state index in [9.17, 15) is 8.78 Å². The highest BCUT2D eigenvalue weighted by molar-refractivity contribution is 7.97. The summed E-state index contributed by atoms with van der Waals surface area (Å²) in [7, 11) is 0. The fourth-order valence-corrected chi connectivity index (χ4v) is 8.01. The van der Waals surface area contributed by atoms with Gasteiger partial charge in [-0.25, -0.2) is 17.8 Å². The summed E-state index contributed by atoms with van der Waals surface area (Å²) in [6, 6.07) is 23.4. The Bertz CT molecular complexity index is 1650. The zero-order valence-corrected chi connectivity index (χ0v) is 22.4. The lowest BCUT2D eigenvalue weighted by Gasteiger charge is -2.32. The van der Waals surface area contributed by atoms with Crippen molar-refractivity contribution in [2.75, 3.05) is 13.1 Å². The van der Waals surface area contributed by atoms with Crippen molar-refractivity contribution >= 4 is 22.9 Å². The second-order valence-electron chi connectivity index (χ2n) is 10.9. The van der Waals surface area contributed by atoms with Crippen molar-refractivity contribution in [2.24, 2.45) is 5.92 Å². The minimum Gasteiger partial charge on any atom is -0.260 e. The molecule has 1 aliphatic heterocycles. The maximum atomic E-state index is 13.9. The Morgan fingerprint density at radius 3 is 2.54 bits per heavy atom. The summed E-state index contributed by atoms with van der Waals surface area (Å²) in [5, 5.41) is 5.75. The van der Waals surface area contributed by atoms with Crippen molar-refractivity contribution in [3.63, 3.8) is 0 Å². The highest BCUT2D eigenvalue weighted by atomic mass is 32.2. The Morgan fingerprint density at radius 1 is 0.923 bits per heavy atom. The average molecular weight is 539 g/mol. The molecule has 2 aliphatic rings. The molecule has 0 amide bonds. The van der Waals surface area contributed by atoms with E-state index in [1.54, 1.807) is 36.3 Å². The summed E-state index contributed by atoms with van der Waals surface area (Å²) in [5.41, 5.74) is 5.85. The molecule has 3 unspecified atom stereocenters. The van der Waals surface area contributed by atoms with Crippen molar-refractivity contribution in [2.45, 2.75) is 36.0 Å². The third kappa shape index (κ3) is 4.34. The molecule has 3 aromatic carbocycles. The fourth-order valence-electron chi connectivity index (χ4n) is 6.88. The maximum absolute atomic E-state index is 13.9. The van der Waals surface area contributed by atoms with Crippen molar-refractivity contribution in [3.8, 4) is 5.69 Å². The number of pyridine rings is 1. The second kappa shape index (κ2) is 9.57. The molecular formula is C32H28F2N4S. The molecular weight excluding hydrogens is 510 g/mol. The highest BCUT2D eigenvalue weighted by Gasteiger charge is 2.54. The molecule has 0 bridgehead atoms. The van der Waals surface area contributed by atoms with Crippen LogP contribution in [0, 0.1) is 24.5 Å². The first-order valence-corrected chi connectivity index (χ1v) is 14.1. The summed E-state index contributed by atoms with van der Waals surface area (Å²) in [5.74, 6) is 0.402. The molecule has 2 fully saturated rings. The first-order chi connectivity index (χ1) is 19.0. The van der Waals surface area contributed by atoms with Gasteiger partial charge in [-0.2, -0.15) is 5.10 Å². The summed E-state index contributed by atoms with van der Waals surface area (Å²) in [4.78, 5) is 4.88. The molecule has 4 nitrogen and oxygen atoms in total. The molecule has 3 atom stereocenters. The van der Waals surface area contributed by atoms with Gasteiger partial charge in [-0.15, -0.1) is 0 Å². The number of fused-ring (bicyclic) bond motifs is 2. The van der Waals surface area contributed by atoms with Crippen molar-refractivity contribution < 1.29 is 8.78 Å². The third-order valence-corrected chi connectivity index (χ3v) is 9.52. The molecule has 7 heteroatoms. The van der Waals surface area contributed by atoms with Crippen LogP contribution in [-0.2, 0) is 5.41 Å². The topological polar surface area (TPSA) is 34.0 Å². The van der Waals surface area contributed by atoms with Crippen LogP contribution in [0.2, 0.25) is 0 Å². The normalized spacial score (nSPS) is 22.9. The third-order valence-electron chi connectivity index (χ3n) is 8.55. The fraction of sp³-hybridized carbons (Fsp3) is 0.250. The number of halogens is 2. The van der Waals surface area contributed by atoms with Crippen LogP contribution in [0.4, 0.5) is 8.78 Å². The van der Waals surface area contributed by atoms with Gasteiger partial charge in [-0.3, -0.25) is 4.98 Å². The monoisotopic (exact) mass is 538 g/mol. The van der Waals surface area contributed by atoms with Crippen LogP contribution in [0.25, 0.3) is 16.6 Å². The van der Waals surface area contributed by atoms with Gasteiger partial charge in [0.05, 0.1) is 23.6 Å². The summed E-state index contributed by atoms with van der Waals surface area (Å²) in [6.45, 7) is 4.03. The summed E-state index contributed by atoms with van der Waals surface area (Å²) >= 11 is 1.61. The van der Waals surface area contributed by atoms with Crippen molar-refractivity contribution in [1.82, 2.24) is 19.1 Å². The van der Waals surface area contributed by atoms with Crippen LogP contribution in [0.15, 0.2) is 96.3 Å². The summed E-state index contributed by atoms with van der Waals surface area (Å²) < 4.78 is 31.7. The predicted molar refractivity (Wildman–Crippen MR) is 151 cm³/mol. The van der Waals surface area contributed by atoms with Gasteiger partial charge in [-0.05, 0) is 103 Å². The number of hydrogen-bond acceptors (Lipinski definition) is 4. The largest absolute Gasteiger partial charge is 0.260 e. The quantitative estimate of drug-likeness (QED) is 0.218. The van der Waals surface area contributed by atoms with Crippen LogP contribution in [0.5, 0.6) is 0 Å². The Hall–Kier alpha value is -3.55. The van der Waals surface area contributed by atoms with E-state index >= 15 is 0 Å². The number of nitrogens with zero attached hydrogens (tertiary/aromatic N) is 4. The predicted octanol–water partition coefficient (Wildman–Crippen LogP) is 7.46. The van der Waals surface area contributed by atoms with Crippen molar-refractivity contribution in [3.05, 3.63) is 120 Å². The first-order valence-electron chi connectivity index (χ1n) is 13.3. The van der Waals surface area contributed by atoms with Gasteiger partial charge in [0.25, 0.3) is 0 Å². The zero-order valence-electron chi connectivity index (χ0n) is 21.6. The van der Waals surface area contributed by atoms with Gasteiger partial charge in [-0.1, -0.05) is 30.3 Å². The molecule has 0 spiro atoms. The second-order valence-corrected chi connectivity index (χ2v) is 12.1. The highest BCUT2D eigenvalue weighted by Crippen LogP contribution is 2.58. The van der Waals surface area contributed by atoms with E-state index in [2.05, 4.69) is 63.8 Å². The number of rotatable bonds is 5. The molecule has 0 radical (unpaired) electrons. The van der Waals surface area contributed by atoms with Crippen LogP contribution in [-0.4, -0.2) is 32.2 Å². The molecule has 1 saturated carbocycles. The van der Waals surface area contributed by atoms with E-state index in [1.807, 2.05) is 10.9 Å². The number of aromatic nitrogens is 3.